The molecule has 0 N–H and O–H groups in total. The number of hydrogen-bond donors (Lipinski definition) is 0. The molecule has 0 amide bonds. The van der Waals surface area contributed by atoms with Crippen LogP contribution in [0.4, 0.5) is 10.1 Å². The summed E-state index contributed by atoms with van der Waals surface area (Å²) in [7, 11) is -7.41. The van der Waals surface area contributed by atoms with Crippen molar-refractivity contribution in [3.8, 4) is 0 Å². The number of benzene rings is 2. The van der Waals surface area contributed by atoms with Crippen LogP contribution in [0, 0.1) is 5.82 Å². The molecule has 0 aliphatic carbocycles. The molecule has 3 rings (SSSR count). The molecule has 1 fully saturated rings. The minimum atomic E-state index is -3.77. The van der Waals surface area contributed by atoms with Crippen LogP contribution in [0.25, 0.3) is 0 Å². The van der Waals surface area contributed by atoms with Gasteiger partial charge in [0.2, 0.25) is 20.0 Å². The molecule has 0 bridgehead atoms. The summed E-state index contributed by atoms with van der Waals surface area (Å²) in [4.78, 5) is 1.93. The Bertz CT molecular complexity index is 1080. The van der Waals surface area contributed by atoms with E-state index in [1.807, 2.05) is 4.90 Å². The van der Waals surface area contributed by atoms with Crippen LogP contribution in [0.2, 0.25) is 0 Å². The van der Waals surface area contributed by atoms with Crippen molar-refractivity contribution in [2.75, 3.05) is 44.2 Å². The molecule has 10 heteroatoms. The van der Waals surface area contributed by atoms with E-state index in [1.54, 1.807) is 32.0 Å². The minimum absolute atomic E-state index is 0.0420. The quantitative estimate of drug-likeness (QED) is 0.641. The van der Waals surface area contributed by atoms with Gasteiger partial charge >= 0.3 is 0 Å². The molecule has 0 aromatic heterocycles. The van der Waals surface area contributed by atoms with Crippen molar-refractivity contribution in [2.24, 2.45) is 0 Å². The van der Waals surface area contributed by atoms with Gasteiger partial charge in [0.25, 0.3) is 0 Å². The molecule has 0 unspecified atom stereocenters. The lowest BCUT2D eigenvalue weighted by molar-refractivity contribution is 0.383. The van der Waals surface area contributed by atoms with E-state index in [9.17, 15) is 21.2 Å². The van der Waals surface area contributed by atoms with Crippen molar-refractivity contribution in [3.63, 3.8) is 0 Å². The topological polar surface area (TPSA) is 78.0 Å². The number of sulfonamides is 2. The number of anilines is 1. The SMILES string of the molecule is CCN(CC)S(=O)(=O)c1ccc(S(=O)(=O)N2CCN(c3ccccc3F)CC2)cc1. The van der Waals surface area contributed by atoms with Crippen molar-refractivity contribution < 1.29 is 21.2 Å². The van der Waals surface area contributed by atoms with Crippen LogP contribution in [-0.2, 0) is 20.0 Å². The summed E-state index contributed by atoms with van der Waals surface area (Å²) in [5, 5.41) is 0. The number of hydrogen-bond acceptors (Lipinski definition) is 5. The summed E-state index contributed by atoms with van der Waals surface area (Å²) < 4.78 is 67.8. The zero-order valence-electron chi connectivity index (χ0n) is 17.0. The van der Waals surface area contributed by atoms with Gasteiger partial charge in [0.1, 0.15) is 5.82 Å². The first-order valence-corrected chi connectivity index (χ1v) is 12.7. The number of piperazine rings is 1. The maximum Gasteiger partial charge on any atom is 0.243 e. The van der Waals surface area contributed by atoms with Gasteiger partial charge in [0.15, 0.2) is 0 Å². The Labute approximate surface area is 177 Å². The third kappa shape index (κ3) is 4.36. The van der Waals surface area contributed by atoms with Gasteiger partial charge in [-0.1, -0.05) is 26.0 Å². The van der Waals surface area contributed by atoms with Gasteiger partial charge in [-0.05, 0) is 36.4 Å². The first kappa shape index (κ1) is 22.7. The van der Waals surface area contributed by atoms with Crippen LogP contribution < -0.4 is 4.90 Å². The fraction of sp³-hybridized carbons (Fsp3) is 0.400. The fourth-order valence-electron chi connectivity index (χ4n) is 3.52. The molecule has 2 aromatic carbocycles. The molecule has 1 aliphatic heterocycles. The molecule has 1 saturated heterocycles. The maximum atomic E-state index is 14.0. The molecule has 0 radical (unpaired) electrons. The normalized spacial score (nSPS) is 16.2. The maximum absolute atomic E-state index is 14.0. The predicted octanol–water partition coefficient (Wildman–Crippen LogP) is 2.37. The lowest BCUT2D eigenvalue weighted by Crippen LogP contribution is -2.48. The predicted molar refractivity (Wildman–Crippen MR) is 114 cm³/mol. The van der Waals surface area contributed by atoms with Gasteiger partial charge in [-0.2, -0.15) is 8.61 Å². The second-order valence-corrected chi connectivity index (χ2v) is 10.8. The van der Waals surface area contributed by atoms with Gasteiger partial charge in [-0.15, -0.1) is 0 Å². The highest BCUT2D eigenvalue weighted by atomic mass is 32.2. The lowest BCUT2D eigenvalue weighted by atomic mass is 10.2. The van der Waals surface area contributed by atoms with E-state index in [1.165, 1.54) is 38.9 Å². The highest BCUT2D eigenvalue weighted by Crippen LogP contribution is 2.24. The minimum Gasteiger partial charge on any atom is -0.367 e. The molecular weight excluding hydrogens is 429 g/mol. The molecule has 7 nitrogen and oxygen atoms in total. The van der Waals surface area contributed by atoms with E-state index < -0.39 is 20.0 Å². The van der Waals surface area contributed by atoms with E-state index >= 15 is 0 Å². The molecule has 0 spiro atoms. The number of para-hydroxylation sites is 1. The molecular formula is C20H26FN3O4S2. The average molecular weight is 456 g/mol. The first-order valence-electron chi connectivity index (χ1n) is 9.81. The van der Waals surface area contributed by atoms with Crippen molar-refractivity contribution >= 4 is 25.7 Å². The Morgan fingerprint density at radius 2 is 1.37 bits per heavy atom. The molecule has 2 aromatic rings. The van der Waals surface area contributed by atoms with Gasteiger partial charge in [0, 0.05) is 39.3 Å². The van der Waals surface area contributed by atoms with Crippen molar-refractivity contribution in [1.29, 1.82) is 0 Å². The molecule has 1 heterocycles. The summed E-state index contributed by atoms with van der Waals surface area (Å²) in [5.74, 6) is -0.334. The summed E-state index contributed by atoms with van der Waals surface area (Å²) >= 11 is 0. The van der Waals surface area contributed by atoms with E-state index in [2.05, 4.69) is 0 Å². The molecule has 164 valence electrons. The van der Waals surface area contributed by atoms with Crippen LogP contribution in [0.5, 0.6) is 0 Å². The number of halogens is 1. The van der Waals surface area contributed by atoms with Gasteiger partial charge in [-0.3, -0.25) is 0 Å². The van der Waals surface area contributed by atoms with Crippen molar-refractivity contribution in [1.82, 2.24) is 8.61 Å². The first-order chi connectivity index (χ1) is 14.2. The van der Waals surface area contributed by atoms with Gasteiger partial charge in [0.05, 0.1) is 15.5 Å². The summed E-state index contributed by atoms with van der Waals surface area (Å²) in [6.45, 7) is 5.35. The lowest BCUT2D eigenvalue weighted by Gasteiger charge is -2.35. The highest BCUT2D eigenvalue weighted by molar-refractivity contribution is 7.89. The molecule has 30 heavy (non-hydrogen) atoms. The smallest absolute Gasteiger partial charge is 0.243 e. The van der Waals surface area contributed by atoms with Crippen LogP contribution in [-0.4, -0.2) is 64.7 Å². The van der Waals surface area contributed by atoms with Crippen molar-refractivity contribution in [2.45, 2.75) is 23.6 Å². The van der Waals surface area contributed by atoms with Crippen LogP contribution in [0.3, 0.4) is 0 Å². The third-order valence-electron chi connectivity index (χ3n) is 5.24. The van der Waals surface area contributed by atoms with E-state index in [0.29, 0.717) is 31.9 Å². The third-order valence-corrected chi connectivity index (χ3v) is 9.21. The van der Waals surface area contributed by atoms with Crippen molar-refractivity contribution in [3.05, 3.63) is 54.3 Å². The van der Waals surface area contributed by atoms with E-state index in [4.69, 9.17) is 0 Å². The standard InChI is InChI=1S/C20H26FN3O4S2/c1-3-23(4-2)29(25,26)17-9-11-18(12-10-17)30(27,28)24-15-13-22(14-16-24)20-8-6-5-7-19(20)21/h5-12H,3-4,13-16H2,1-2H3. The van der Waals surface area contributed by atoms with E-state index in [-0.39, 0.29) is 28.7 Å². The summed E-state index contributed by atoms with van der Waals surface area (Å²) in [6.07, 6.45) is 0. The number of nitrogens with zero attached hydrogens (tertiary/aromatic N) is 3. The summed E-state index contributed by atoms with van der Waals surface area (Å²) in [5.41, 5.74) is 0.459. The molecule has 0 atom stereocenters. The Kier molecular flexibility index (Phi) is 6.81. The zero-order chi connectivity index (χ0) is 21.9. The van der Waals surface area contributed by atoms with Crippen LogP contribution in [0.1, 0.15) is 13.8 Å². The Balaban J connectivity index is 1.74. The molecule has 0 saturated carbocycles. The van der Waals surface area contributed by atoms with Gasteiger partial charge in [-0.25, -0.2) is 21.2 Å². The Morgan fingerprint density at radius 1 is 0.833 bits per heavy atom. The fourth-order valence-corrected chi connectivity index (χ4v) is 6.40. The average Bonchev–Trinajstić information content (AvgIpc) is 2.75. The van der Waals surface area contributed by atoms with E-state index in [0.717, 1.165) is 0 Å². The number of rotatable bonds is 7. The second-order valence-electron chi connectivity index (χ2n) is 6.90. The van der Waals surface area contributed by atoms with Gasteiger partial charge < -0.3 is 4.90 Å². The summed E-state index contributed by atoms with van der Waals surface area (Å²) in [6, 6.07) is 11.7. The van der Waals surface area contributed by atoms with Crippen LogP contribution >= 0.6 is 0 Å². The Hall–Kier alpha value is -2.01. The largest absolute Gasteiger partial charge is 0.367 e. The zero-order valence-corrected chi connectivity index (χ0v) is 18.7. The Morgan fingerprint density at radius 3 is 1.90 bits per heavy atom. The monoisotopic (exact) mass is 455 g/mol. The second kappa shape index (κ2) is 9.01. The van der Waals surface area contributed by atoms with Crippen LogP contribution in [0.15, 0.2) is 58.3 Å². The molecule has 1 aliphatic rings. The highest BCUT2D eigenvalue weighted by Gasteiger charge is 2.30.